The average molecular weight is 432 g/mol. The molecule has 2 N–H and O–H groups in total. The molecule has 2 rings (SSSR count). The Bertz CT molecular complexity index is 872. The molecule has 0 amide bonds. The lowest BCUT2D eigenvalue weighted by atomic mass is 10.1. The van der Waals surface area contributed by atoms with E-state index < -0.39 is 11.7 Å². The predicted molar refractivity (Wildman–Crippen MR) is 109 cm³/mol. The van der Waals surface area contributed by atoms with Crippen molar-refractivity contribution in [1.82, 2.24) is 10.3 Å². The third-order valence-electron chi connectivity index (χ3n) is 3.58. The van der Waals surface area contributed by atoms with Crippen molar-refractivity contribution in [2.24, 2.45) is 0 Å². The van der Waals surface area contributed by atoms with Gasteiger partial charge in [-0.05, 0) is 76.2 Å². The summed E-state index contributed by atoms with van der Waals surface area (Å²) < 4.78 is 43.8. The van der Waals surface area contributed by atoms with Gasteiger partial charge in [-0.3, -0.25) is 0 Å². The van der Waals surface area contributed by atoms with Gasteiger partial charge in [0.05, 0.1) is 5.56 Å². The number of ether oxygens (including phenoxy) is 1. The molecule has 0 saturated heterocycles. The number of halogens is 4. The Kier molecular flexibility index (Phi) is 6.45. The SMILES string of the molecule is Cc1cc(Oc2ncc(C(F)(F)F)cc2Cl)cc(C)c1NC(=S)NC(C)(C)C. The topological polar surface area (TPSA) is 46.2 Å². The van der Waals surface area contributed by atoms with E-state index in [0.717, 1.165) is 22.9 Å². The molecule has 1 heterocycles. The highest BCUT2D eigenvalue weighted by Gasteiger charge is 2.31. The summed E-state index contributed by atoms with van der Waals surface area (Å²) >= 11 is 11.2. The van der Waals surface area contributed by atoms with Crippen molar-refractivity contribution in [1.29, 1.82) is 0 Å². The fourth-order valence-electron chi connectivity index (χ4n) is 2.43. The van der Waals surface area contributed by atoms with Crippen LogP contribution >= 0.6 is 23.8 Å². The van der Waals surface area contributed by atoms with Gasteiger partial charge < -0.3 is 15.4 Å². The number of anilines is 1. The molecule has 9 heteroatoms. The highest BCUT2D eigenvalue weighted by molar-refractivity contribution is 7.80. The quantitative estimate of drug-likeness (QED) is 0.562. The standard InChI is InChI=1S/C19H21ClF3N3OS/c1-10-6-13(7-11(2)15(10)25-17(28)26-18(3,4)5)27-16-14(20)8-12(9-24-16)19(21,22)23/h6-9H,1-5H3,(H2,25,26,28). The van der Waals surface area contributed by atoms with E-state index in [4.69, 9.17) is 28.6 Å². The third kappa shape index (κ3) is 5.97. The lowest BCUT2D eigenvalue weighted by Gasteiger charge is -2.24. The maximum absolute atomic E-state index is 12.7. The first-order chi connectivity index (χ1) is 12.8. The van der Waals surface area contributed by atoms with Crippen LogP contribution in [0.25, 0.3) is 0 Å². The Morgan fingerprint density at radius 3 is 2.14 bits per heavy atom. The number of nitrogens with zero attached hydrogens (tertiary/aromatic N) is 1. The normalized spacial score (nSPS) is 11.9. The molecule has 0 radical (unpaired) electrons. The number of alkyl halides is 3. The maximum atomic E-state index is 12.7. The molecule has 4 nitrogen and oxygen atoms in total. The van der Waals surface area contributed by atoms with Crippen molar-refractivity contribution in [2.75, 3.05) is 5.32 Å². The number of hydrogen-bond acceptors (Lipinski definition) is 3. The van der Waals surface area contributed by atoms with Crippen LogP contribution in [0.5, 0.6) is 11.6 Å². The average Bonchev–Trinajstić information content (AvgIpc) is 2.50. The lowest BCUT2D eigenvalue weighted by Crippen LogP contribution is -2.43. The first-order valence-electron chi connectivity index (χ1n) is 8.37. The van der Waals surface area contributed by atoms with Crippen LogP contribution in [0, 0.1) is 13.8 Å². The van der Waals surface area contributed by atoms with Crippen LogP contribution in [0.1, 0.15) is 37.5 Å². The van der Waals surface area contributed by atoms with E-state index in [0.29, 0.717) is 17.1 Å². The Hall–Kier alpha value is -2.06. The largest absolute Gasteiger partial charge is 0.438 e. The number of hydrogen-bond donors (Lipinski definition) is 2. The summed E-state index contributed by atoms with van der Waals surface area (Å²) in [6, 6.07) is 4.24. The molecule has 0 spiro atoms. The number of nitrogens with one attached hydrogen (secondary N) is 2. The van der Waals surface area contributed by atoms with Gasteiger partial charge in [-0.2, -0.15) is 13.2 Å². The van der Waals surface area contributed by atoms with E-state index in [1.165, 1.54) is 0 Å². The molecular weight excluding hydrogens is 411 g/mol. The van der Waals surface area contributed by atoms with Gasteiger partial charge in [-0.15, -0.1) is 0 Å². The number of thiocarbonyl (C=S) groups is 1. The van der Waals surface area contributed by atoms with Gasteiger partial charge in [0.1, 0.15) is 10.8 Å². The molecule has 0 aliphatic rings. The molecule has 0 aliphatic heterocycles. The molecule has 0 aliphatic carbocycles. The highest BCUT2D eigenvalue weighted by atomic mass is 35.5. The van der Waals surface area contributed by atoms with Crippen molar-refractivity contribution in [2.45, 2.75) is 46.3 Å². The number of rotatable bonds is 3. The van der Waals surface area contributed by atoms with Crippen LogP contribution in [-0.2, 0) is 6.18 Å². The van der Waals surface area contributed by atoms with E-state index in [1.54, 1.807) is 12.1 Å². The molecule has 1 aromatic carbocycles. The second-order valence-corrected chi connectivity index (χ2v) is 8.19. The maximum Gasteiger partial charge on any atom is 0.417 e. The molecule has 1 aromatic heterocycles. The summed E-state index contributed by atoms with van der Waals surface area (Å²) in [4.78, 5) is 3.69. The molecule has 2 aromatic rings. The number of aryl methyl sites for hydroxylation is 2. The fourth-order valence-corrected chi connectivity index (χ4v) is 3.05. The fraction of sp³-hybridized carbons (Fsp3) is 0.368. The monoisotopic (exact) mass is 431 g/mol. The van der Waals surface area contributed by atoms with Gasteiger partial charge in [-0.25, -0.2) is 4.98 Å². The second kappa shape index (κ2) is 8.13. The zero-order chi connectivity index (χ0) is 21.3. The molecule has 0 atom stereocenters. The summed E-state index contributed by atoms with van der Waals surface area (Å²) in [5, 5.41) is 6.60. The van der Waals surface area contributed by atoms with Gasteiger partial charge in [0.25, 0.3) is 0 Å². The first kappa shape index (κ1) is 22.2. The number of pyridine rings is 1. The van der Waals surface area contributed by atoms with Gasteiger partial charge in [-0.1, -0.05) is 11.6 Å². The predicted octanol–water partition coefficient (Wildman–Crippen LogP) is 6.25. The van der Waals surface area contributed by atoms with Crippen LogP contribution in [-0.4, -0.2) is 15.6 Å². The van der Waals surface area contributed by atoms with Crippen molar-refractivity contribution in [3.05, 3.63) is 46.1 Å². The minimum Gasteiger partial charge on any atom is -0.438 e. The van der Waals surface area contributed by atoms with Crippen LogP contribution in [0.3, 0.4) is 0 Å². The van der Waals surface area contributed by atoms with Gasteiger partial charge in [0, 0.05) is 17.4 Å². The Morgan fingerprint density at radius 1 is 1.11 bits per heavy atom. The molecule has 0 fully saturated rings. The summed E-state index contributed by atoms with van der Waals surface area (Å²) in [7, 11) is 0. The Balaban J connectivity index is 2.22. The molecule has 0 unspecified atom stereocenters. The van der Waals surface area contributed by atoms with E-state index in [9.17, 15) is 13.2 Å². The van der Waals surface area contributed by atoms with Crippen LogP contribution < -0.4 is 15.4 Å². The Morgan fingerprint density at radius 2 is 1.68 bits per heavy atom. The summed E-state index contributed by atoms with van der Waals surface area (Å²) in [5.74, 6) is 0.309. The summed E-state index contributed by atoms with van der Waals surface area (Å²) in [6.45, 7) is 9.72. The van der Waals surface area contributed by atoms with Crippen molar-refractivity contribution in [3.8, 4) is 11.6 Å². The zero-order valence-corrected chi connectivity index (χ0v) is 17.7. The van der Waals surface area contributed by atoms with Crippen LogP contribution in [0.15, 0.2) is 24.4 Å². The highest BCUT2D eigenvalue weighted by Crippen LogP contribution is 2.36. The van der Waals surface area contributed by atoms with Crippen molar-refractivity contribution in [3.63, 3.8) is 0 Å². The Labute approximate surface area is 172 Å². The smallest absolute Gasteiger partial charge is 0.417 e. The van der Waals surface area contributed by atoms with Crippen LogP contribution in [0.2, 0.25) is 5.02 Å². The second-order valence-electron chi connectivity index (χ2n) is 7.37. The summed E-state index contributed by atoms with van der Waals surface area (Å²) in [5.41, 5.74) is 1.39. The van der Waals surface area contributed by atoms with Gasteiger partial charge in [0.2, 0.25) is 5.88 Å². The lowest BCUT2D eigenvalue weighted by molar-refractivity contribution is -0.137. The minimum atomic E-state index is -4.52. The van der Waals surface area contributed by atoms with E-state index >= 15 is 0 Å². The summed E-state index contributed by atoms with van der Waals surface area (Å²) in [6.07, 6.45) is -3.83. The molecule has 152 valence electrons. The van der Waals surface area contributed by atoms with E-state index in [-0.39, 0.29) is 16.4 Å². The zero-order valence-electron chi connectivity index (χ0n) is 16.1. The molecular formula is C19H21ClF3N3OS. The number of aromatic nitrogens is 1. The third-order valence-corrected chi connectivity index (χ3v) is 4.06. The molecule has 0 saturated carbocycles. The first-order valence-corrected chi connectivity index (χ1v) is 9.16. The van der Waals surface area contributed by atoms with Crippen LogP contribution in [0.4, 0.5) is 18.9 Å². The van der Waals surface area contributed by atoms with Gasteiger partial charge in [0.15, 0.2) is 5.11 Å². The minimum absolute atomic E-state index is 0.0981. The number of benzene rings is 1. The molecule has 28 heavy (non-hydrogen) atoms. The van der Waals surface area contributed by atoms with E-state index in [1.807, 2.05) is 34.6 Å². The van der Waals surface area contributed by atoms with Gasteiger partial charge >= 0.3 is 6.18 Å². The van der Waals surface area contributed by atoms with E-state index in [2.05, 4.69) is 15.6 Å². The van der Waals surface area contributed by atoms with Crippen molar-refractivity contribution < 1.29 is 17.9 Å². The van der Waals surface area contributed by atoms with Crippen molar-refractivity contribution >= 4 is 34.6 Å². The molecule has 0 bridgehead atoms.